The molecule has 0 amide bonds. The molecule has 0 radical (unpaired) electrons. The first-order valence-electron chi connectivity index (χ1n) is 5.22. The lowest BCUT2D eigenvalue weighted by molar-refractivity contribution is 0.384. The van der Waals surface area contributed by atoms with Crippen molar-refractivity contribution < 1.29 is 9.47 Å². The minimum Gasteiger partial charge on any atom is -0.481 e. The second-order valence-corrected chi connectivity index (χ2v) is 3.46. The van der Waals surface area contributed by atoms with Gasteiger partial charge in [0.05, 0.1) is 18.4 Å². The van der Waals surface area contributed by atoms with Gasteiger partial charge in [-0.25, -0.2) is 0 Å². The van der Waals surface area contributed by atoms with Crippen LogP contribution < -0.4 is 15.2 Å². The van der Waals surface area contributed by atoms with Crippen LogP contribution in [-0.4, -0.2) is 12.1 Å². The maximum atomic E-state index is 8.96. The largest absolute Gasteiger partial charge is 0.481 e. The van der Waals surface area contributed by atoms with Gasteiger partial charge in [0, 0.05) is 6.07 Å². The summed E-state index contributed by atoms with van der Waals surface area (Å²) in [6.07, 6.45) is 0. The number of benzene rings is 1. The van der Waals surface area contributed by atoms with Crippen molar-refractivity contribution in [3.63, 3.8) is 0 Å². The second-order valence-electron chi connectivity index (χ2n) is 3.46. The van der Waals surface area contributed by atoms with Gasteiger partial charge in [0.1, 0.15) is 11.8 Å². The van der Waals surface area contributed by atoms with Crippen LogP contribution in [0.1, 0.15) is 5.56 Å². The number of anilines is 1. The Labute approximate surface area is 104 Å². The molecule has 1 heterocycles. The third kappa shape index (κ3) is 2.33. The molecule has 0 fully saturated rings. The Morgan fingerprint density at radius 1 is 1.22 bits per heavy atom. The Hall–Kier alpha value is -2.74. The first-order chi connectivity index (χ1) is 8.74. The molecule has 0 saturated heterocycles. The van der Waals surface area contributed by atoms with Gasteiger partial charge in [0.15, 0.2) is 0 Å². The van der Waals surface area contributed by atoms with E-state index < -0.39 is 0 Å². The van der Waals surface area contributed by atoms with Crippen molar-refractivity contribution in [3.05, 3.63) is 42.0 Å². The van der Waals surface area contributed by atoms with Crippen LogP contribution >= 0.6 is 0 Å². The van der Waals surface area contributed by atoms with Gasteiger partial charge in [-0.2, -0.15) is 10.2 Å². The zero-order valence-corrected chi connectivity index (χ0v) is 9.75. The first-order valence-corrected chi connectivity index (χ1v) is 5.22. The lowest BCUT2D eigenvalue weighted by atomic mass is 10.2. The van der Waals surface area contributed by atoms with Crippen molar-refractivity contribution in [1.82, 2.24) is 4.98 Å². The zero-order chi connectivity index (χ0) is 13.0. The Bertz CT molecular complexity index is 605. The summed E-state index contributed by atoms with van der Waals surface area (Å²) in [4.78, 5) is 4.08. The van der Waals surface area contributed by atoms with Crippen LogP contribution in [0.15, 0.2) is 36.4 Å². The maximum Gasteiger partial charge on any atom is 0.246 e. The molecule has 0 aliphatic rings. The molecule has 5 nitrogen and oxygen atoms in total. The molecule has 2 N–H and O–H groups in total. The smallest absolute Gasteiger partial charge is 0.246 e. The topological polar surface area (TPSA) is 81.2 Å². The van der Waals surface area contributed by atoms with Gasteiger partial charge in [-0.15, -0.1) is 0 Å². The molecule has 0 atom stereocenters. The number of nitriles is 1. The summed E-state index contributed by atoms with van der Waals surface area (Å²) < 4.78 is 10.5. The number of nitrogen functional groups attached to an aromatic ring is 1. The Balaban J connectivity index is 2.37. The quantitative estimate of drug-likeness (QED) is 0.891. The number of methoxy groups -OCH3 is 1. The Morgan fingerprint density at radius 2 is 2.00 bits per heavy atom. The molecule has 0 aliphatic heterocycles. The summed E-state index contributed by atoms with van der Waals surface area (Å²) in [6.45, 7) is 0. The standard InChI is InChI=1S/C13H11N3O2/c1-17-12-7-6-10(15)13(16-12)18-11-5-3-2-4-9(11)8-14/h2-7H,15H2,1H3. The molecule has 0 unspecified atom stereocenters. The molecule has 1 aromatic carbocycles. The number of hydrogen-bond donors (Lipinski definition) is 1. The number of para-hydroxylation sites is 1. The van der Waals surface area contributed by atoms with E-state index in [1.54, 1.807) is 36.4 Å². The predicted octanol–water partition coefficient (Wildman–Crippen LogP) is 2.34. The van der Waals surface area contributed by atoms with Crippen LogP contribution in [-0.2, 0) is 0 Å². The van der Waals surface area contributed by atoms with E-state index in [1.165, 1.54) is 7.11 Å². The maximum absolute atomic E-state index is 8.96. The van der Waals surface area contributed by atoms with Gasteiger partial charge in [0.2, 0.25) is 11.8 Å². The van der Waals surface area contributed by atoms with Crippen LogP contribution in [0.5, 0.6) is 17.5 Å². The molecule has 1 aromatic heterocycles. The van der Waals surface area contributed by atoms with Gasteiger partial charge < -0.3 is 15.2 Å². The van der Waals surface area contributed by atoms with E-state index in [0.717, 1.165) is 0 Å². The van der Waals surface area contributed by atoms with Crippen molar-refractivity contribution in [1.29, 1.82) is 5.26 Å². The zero-order valence-electron chi connectivity index (χ0n) is 9.75. The van der Waals surface area contributed by atoms with Gasteiger partial charge in [-0.3, -0.25) is 0 Å². The first kappa shape index (κ1) is 11.7. The van der Waals surface area contributed by atoms with Gasteiger partial charge in [-0.1, -0.05) is 12.1 Å². The molecule has 0 spiro atoms. The number of nitrogens with zero attached hydrogens (tertiary/aromatic N) is 2. The lowest BCUT2D eigenvalue weighted by Crippen LogP contribution is -1.98. The summed E-state index contributed by atoms with van der Waals surface area (Å²) in [7, 11) is 1.51. The van der Waals surface area contributed by atoms with Crippen molar-refractivity contribution in [2.24, 2.45) is 0 Å². The van der Waals surface area contributed by atoms with Crippen molar-refractivity contribution in [2.45, 2.75) is 0 Å². The minimum atomic E-state index is 0.219. The van der Waals surface area contributed by atoms with E-state index in [1.807, 2.05) is 6.07 Å². The number of nitrogens with two attached hydrogens (primary N) is 1. The molecule has 0 bridgehead atoms. The van der Waals surface area contributed by atoms with E-state index in [4.69, 9.17) is 20.5 Å². The van der Waals surface area contributed by atoms with Crippen LogP contribution in [0.25, 0.3) is 0 Å². The lowest BCUT2D eigenvalue weighted by Gasteiger charge is -2.09. The molecular formula is C13H11N3O2. The SMILES string of the molecule is COc1ccc(N)c(Oc2ccccc2C#N)n1. The van der Waals surface area contributed by atoms with Crippen LogP contribution in [0, 0.1) is 11.3 Å². The summed E-state index contributed by atoms with van der Waals surface area (Å²) in [5, 5.41) is 8.96. The summed E-state index contributed by atoms with van der Waals surface area (Å²) in [6, 6.07) is 12.2. The monoisotopic (exact) mass is 241 g/mol. The van der Waals surface area contributed by atoms with E-state index in [2.05, 4.69) is 4.98 Å². The predicted molar refractivity (Wildman–Crippen MR) is 66.4 cm³/mol. The second kappa shape index (κ2) is 5.06. The highest BCUT2D eigenvalue weighted by Gasteiger charge is 2.09. The fourth-order valence-corrected chi connectivity index (χ4v) is 1.38. The normalized spacial score (nSPS) is 9.56. The molecule has 0 saturated carbocycles. The van der Waals surface area contributed by atoms with Crippen LogP contribution in [0.4, 0.5) is 5.69 Å². The van der Waals surface area contributed by atoms with Crippen LogP contribution in [0.2, 0.25) is 0 Å². The number of hydrogen-bond acceptors (Lipinski definition) is 5. The summed E-state index contributed by atoms with van der Waals surface area (Å²) in [5.41, 5.74) is 6.55. The minimum absolute atomic E-state index is 0.219. The van der Waals surface area contributed by atoms with E-state index in [9.17, 15) is 0 Å². The molecule has 2 aromatic rings. The van der Waals surface area contributed by atoms with Gasteiger partial charge in [-0.05, 0) is 18.2 Å². The Morgan fingerprint density at radius 3 is 2.72 bits per heavy atom. The average molecular weight is 241 g/mol. The molecule has 90 valence electrons. The fourth-order valence-electron chi connectivity index (χ4n) is 1.38. The number of aromatic nitrogens is 1. The van der Waals surface area contributed by atoms with Gasteiger partial charge >= 0.3 is 0 Å². The highest BCUT2D eigenvalue weighted by Crippen LogP contribution is 2.29. The fraction of sp³-hybridized carbons (Fsp3) is 0.0769. The summed E-state index contributed by atoms with van der Waals surface area (Å²) >= 11 is 0. The third-order valence-corrected chi connectivity index (χ3v) is 2.29. The Kier molecular flexibility index (Phi) is 3.30. The molecule has 5 heteroatoms. The number of rotatable bonds is 3. The van der Waals surface area contributed by atoms with Crippen molar-refractivity contribution in [2.75, 3.05) is 12.8 Å². The highest BCUT2D eigenvalue weighted by molar-refractivity contribution is 5.53. The molecule has 2 rings (SSSR count). The van der Waals surface area contributed by atoms with E-state index in [-0.39, 0.29) is 5.88 Å². The number of ether oxygens (including phenoxy) is 2. The number of pyridine rings is 1. The van der Waals surface area contributed by atoms with Crippen molar-refractivity contribution >= 4 is 5.69 Å². The van der Waals surface area contributed by atoms with E-state index >= 15 is 0 Å². The highest BCUT2D eigenvalue weighted by atomic mass is 16.5. The van der Waals surface area contributed by atoms with Crippen LogP contribution in [0.3, 0.4) is 0 Å². The molecular weight excluding hydrogens is 230 g/mol. The van der Waals surface area contributed by atoms with E-state index in [0.29, 0.717) is 22.9 Å². The van der Waals surface area contributed by atoms with Gasteiger partial charge in [0.25, 0.3) is 0 Å². The summed E-state index contributed by atoms with van der Waals surface area (Å²) in [5.74, 6) is 1.03. The molecule has 0 aliphatic carbocycles. The molecule has 18 heavy (non-hydrogen) atoms. The third-order valence-electron chi connectivity index (χ3n) is 2.29. The average Bonchev–Trinajstić information content (AvgIpc) is 2.42. The van der Waals surface area contributed by atoms with Crippen molar-refractivity contribution in [3.8, 4) is 23.6 Å².